The van der Waals surface area contributed by atoms with Gasteiger partial charge >= 0.3 is 0 Å². The van der Waals surface area contributed by atoms with E-state index in [1.165, 1.54) is 12.5 Å². The quantitative estimate of drug-likeness (QED) is 0.832. The summed E-state index contributed by atoms with van der Waals surface area (Å²) < 4.78 is 27.7. The van der Waals surface area contributed by atoms with Gasteiger partial charge in [0, 0.05) is 16.2 Å². The molecule has 4 nitrogen and oxygen atoms in total. The highest BCUT2D eigenvalue weighted by atomic mass is 79.9. The summed E-state index contributed by atoms with van der Waals surface area (Å²) in [5.74, 6) is 0.465. The van der Waals surface area contributed by atoms with Gasteiger partial charge in [-0.05, 0) is 59.8 Å². The molecule has 0 aliphatic heterocycles. The second kappa shape index (κ2) is 5.19. The first-order chi connectivity index (χ1) is 8.40. The van der Waals surface area contributed by atoms with E-state index in [2.05, 4.69) is 20.7 Å². The van der Waals surface area contributed by atoms with Crippen LogP contribution in [0.15, 0.2) is 27.6 Å². The molecule has 2 rings (SSSR count). The summed E-state index contributed by atoms with van der Waals surface area (Å²) >= 11 is 3.24. The predicted octanol–water partition coefficient (Wildman–Crippen LogP) is 2.50. The van der Waals surface area contributed by atoms with Gasteiger partial charge in [0.1, 0.15) is 0 Å². The molecule has 1 atom stereocenters. The van der Waals surface area contributed by atoms with E-state index in [-0.39, 0.29) is 10.9 Å². The Balaban J connectivity index is 2.19. The van der Waals surface area contributed by atoms with Crippen molar-refractivity contribution in [3.05, 3.63) is 22.7 Å². The zero-order chi connectivity index (χ0) is 13.3. The van der Waals surface area contributed by atoms with Crippen LogP contribution in [0, 0.1) is 5.92 Å². The van der Waals surface area contributed by atoms with Crippen LogP contribution in [0.1, 0.15) is 26.2 Å². The van der Waals surface area contributed by atoms with Crippen molar-refractivity contribution in [1.82, 2.24) is 4.72 Å². The Morgan fingerprint density at radius 1 is 1.44 bits per heavy atom. The highest BCUT2D eigenvalue weighted by molar-refractivity contribution is 9.10. The summed E-state index contributed by atoms with van der Waals surface area (Å²) in [7, 11) is -3.48. The van der Waals surface area contributed by atoms with E-state index in [0.717, 1.165) is 12.8 Å². The number of sulfonamides is 1. The summed E-state index contributed by atoms with van der Waals surface area (Å²) in [4.78, 5) is 0.239. The van der Waals surface area contributed by atoms with Gasteiger partial charge in [-0.15, -0.1) is 0 Å². The number of rotatable bonds is 4. The Kier molecular flexibility index (Phi) is 3.99. The maximum Gasteiger partial charge on any atom is 0.241 e. The molecule has 18 heavy (non-hydrogen) atoms. The highest BCUT2D eigenvalue weighted by Gasteiger charge is 2.28. The van der Waals surface area contributed by atoms with Gasteiger partial charge in [-0.25, -0.2) is 13.1 Å². The number of halogens is 1. The van der Waals surface area contributed by atoms with Gasteiger partial charge < -0.3 is 5.73 Å². The third-order valence-electron chi connectivity index (χ3n) is 3.44. The van der Waals surface area contributed by atoms with Gasteiger partial charge in [0.15, 0.2) is 0 Å². The van der Waals surface area contributed by atoms with Crippen molar-refractivity contribution >= 4 is 31.6 Å². The number of nitrogens with one attached hydrogen (secondary N) is 1. The zero-order valence-electron chi connectivity index (χ0n) is 10.2. The predicted molar refractivity (Wildman–Crippen MR) is 75.7 cm³/mol. The molecule has 1 aromatic carbocycles. The van der Waals surface area contributed by atoms with Crippen LogP contribution in [-0.4, -0.2) is 14.5 Å². The van der Waals surface area contributed by atoms with Gasteiger partial charge in [-0.2, -0.15) is 0 Å². The van der Waals surface area contributed by atoms with Crippen LogP contribution in [-0.2, 0) is 10.0 Å². The maximum absolute atomic E-state index is 12.2. The molecular weight excluding hydrogens is 316 g/mol. The van der Waals surface area contributed by atoms with Crippen LogP contribution < -0.4 is 10.5 Å². The molecule has 0 heterocycles. The monoisotopic (exact) mass is 332 g/mol. The second-order valence-corrected chi connectivity index (χ2v) is 7.33. The largest absolute Gasteiger partial charge is 0.399 e. The Bertz CT molecular complexity index is 541. The topological polar surface area (TPSA) is 72.2 Å². The molecule has 1 saturated carbocycles. The van der Waals surface area contributed by atoms with Crippen LogP contribution in [0.25, 0.3) is 0 Å². The first kappa shape index (κ1) is 13.8. The molecule has 3 N–H and O–H groups in total. The number of nitrogens with two attached hydrogens (primary N) is 1. The Hall–Kier alpha value is -0.590. The van der Waals surface area contributed by atoms with Crippen LogP contribution in [0.3, 0.4) is 0 Å². The summed E-state index contributed by atoms with van der Waals surface area (Å²) in [5.41, 5.74) is 6.14. The van der Waals surface area contributed by atoms with E-state index >= 15 is 0 Å². The third kappa shape index (κ3) is 2.87. The van der Waals surface area contributed by atoms with Crippen LogP contribution in [0.4, 0.5) is 5.69 Å². The molecule has 1 aliphatic rings. The first-order valence-corrected chi connectivity index (χ1v) is 8.25. The van der Waals surface area contributed by atoms with Crippen LogP contribution in [0.5, 0.6) is 0 Å². The van der Waals surface area contributed by atoms with Crippen LogP contribution in [0.2, 0.25) is 0 Å². The number of benzene rings is 1. The Labute approximate surface area is 116 Å². The molecular formula is C12H17BrN2O2S. The molecule has 0 radical (unpaired) electrons. The van der Waals surface area contributed by atoms with E-state index in [1.807, 2.05) is 6.92 Å². The Morgan fingerprint density at radius 2 is 2.11 bits per heavy atom. The number of anilines is 1. The second-order valence-electron chi connectivity index (χ2n) is 4.79. The van der Waals surface area contributed by atoms with Crippen molar-refractivity contribution in [1.29, 1.82) is 0 Å². The van der Waals surface area contributed by atoms with E-state index in [9.17, 15) is 8.42 Å². The average Bonchev–Trinajstić information content (AvgIpc) is 2.12. The fourth-order valence-corrected chi connectivity index (χ4v) is 4.49. The fourth-order valence-electron chi connectivity index (χ4n) is 2.08. The molecule has 0 spiro atoms. The van der Waals surface area contributed by atoms with Gasteiger partial charge in [-0.3, -0.25) is 0 Å². The highest BCUT2D eigenvalue weighted by Crippen LogP contribution is 2.31. The van der Waals surface area contributed by atoms with Gasteiger partial charge in [0.25, 0.3) is 0 Å². The molecule has 0 saturated heterocycles. The summed E-state index contributed by atoms with van der Waals surface area (Å²) in [6.07, 6.45) is 3.40. The SMILES string of the molecule is CC(NS(=O)(=O)c1ccc(N)cc1Br)C1CCC1. The van der Waals surface area contributed by atoms with Crippen molar-refractivity contribution in [2.75, 3.05) is 5.73 Å². The molecule has 0 bridgehead atoms. The molecule has 6 heteroatoms. The summed E-state index contributed by atoms with van der Waals surface area (Å²) in [6.45, 7) is 1.92. The van der Waals surface area contributed by atoms with Gasteiger partial charge in [0.2, 0.25) is 10.0 Å². The lowest BCUT2D eigenvalue weighted by atomic mass is 9.81. The molecule has 1 aromatic rings. The van der Waals surface area contributed by atoms with Crippen molar-refractivity contribution in [3.8, 4) is 0 Å². The lowest BCUT2D eigenvalue weighted by molar-refractivity contribution is 0.260. The van der Waals surface area contributed by atoms with Crippen LogP contribution >= 0.6 is 15.9 Å². The van der Waals surface area contributed by atoms with E-state index in [1.54, 1.807) is 12.1 Å². The smallest absolute Gasteiger partial charge is 0.241 e. The lowest BCUT2D eigenvalue weighted by Crippen LogP contribution is -2.40. The van der Waals surface area contributed by atoms with Gasteiger partial charge in [-0.1, -0.05) is 6.42 Å². The molecule has 1 fully saturated rings. The standard InChI is InChI=1S/C12H17BrN2O2S/c1-8(9-3-2-4-9)15-18(16,17)12-6-5-10(14)7-11(12)13/h5-9,15H,2-4,14H2,1H3. The average molecular weight is 333 g/mol. The number of hydrogen-bond acceptors (Lipinski definition) is 3. The third-order valence-corrected chi connectivity index (χ3v) is 5.98. The molecule has 0 amide bonds. The minimum atomic E-state index is -3.48. The number of nitrogen functional groups attached to an aromatic ring is 1. The summed E-state index contributed by atoms with van der Waals surface area (Å²) in [6, 6.07) is 4.69. The fraction of sp³-hybridized carbons (Fsp3) is 0.500. The van der Waals surface area contributed by atoms with Crippen molar-refractivity contribution in [2.24, 2.45) is 5.92 Å². The first-order valence-electron chi connectivity index (χ1n) is 5.97. The molecule has 0 aromatic heterocycles. The van der Waals surface area contributed by atoms with E-state index in [4.69, 9.17) is 5.73 Å². The number of hydrogen-bond donors (Lipinski definition) is 2. The molecule has 100 valence electrons. The van der Waals surface area contributed by atoms with Crippen molar-refractivity contribution < 1.29 is 8.42 Å². The van der Waals surface area contributed by atoms with Crippen molar-refractivity contribution in [2.45, 2.75) is 37.1 Å². The van der Waals surface area contributed by atoms with E-state index < -0.39 is 10.0 Å². The Morgan fingerprint density at radius 3 is 2.61 bits per heavy atom. The lowest BCUT2D eigenvalue weighted by Gasteiger charge is -2.31. The zero-order valence-corrected chi connectivity index (χ0v) is 12.6. The summed E-state index contributed by atoms with van der Waals surface area (Å²) in [5, 5.41) is 0. The van der Waals surface area contributed by atoms with Crippen molar-refractivity contribution in [3.63, 3.8) is 0 Å². The minimum Gasteiger partial charge on any atom is -0.399 e. The maximum atomic E-state index is 12.2. The molecule has 1 unspecified atom stereocenters. The normalized spacial score (nSPS) is 18.3. The minimum absolute atomic E-state index is 0.0202. The van der Waals surface area contributed by atoms with Gasteiger partial charge in [0.05, 0.1) is 4.90 Å². The van der Waals surface area contributed by atoms with E-state index in [0.29, 0.717) is 16.1 Å². The molecule has 1 aliphatic carbocycles.